The number of benzene rings is 8. The van der Waals surface area contributed by atoms with Crippen LogP contribution in [0.2, 0.25) is 0 Å². The number of nitrogens with zero attached hydrogens (tertiary/aromatic N) is 2. The Morgan fingerprint density at radius 2 is 1.06 bits per heavy atom. The van der Waals surface area contributed by atoms with Gasteiger partial charge in [0.1, 0.15) is 5.65 Å². The van der Waals surface area contributed by atoms with Crippen molar-refractivity contribution in [3.05, 3.63) is 164 Å². The van der Waals surface area contributed by atoms with Crippen molar-refractivity contribution >= 4 is 83.0 Å². The highest BCUT2D eigenvalue weighted by atomic mass is 31.2. The van der Waals surface area contributed by atoms with Crippen molar-refractivity contribution in [1.82, 2.24) is 9.38 Å². The van der Waals surface area contributed by atoms with Gasteiger partial charge in [0.05, 0.1) is 16.6 Å². The minimum atomic E-state index is -3.08. The molecule has 49 heavy (non-hydrogen) atoms. The lowest BCUT2D eigenvalue weighted by Crippen LogP contribution is -2.20. The molecule has 10 aromatic rings. The van der Waals surface area contributed by atoms with Crippen LogP contribution in [-0.4, -0.2) is 9.38 Å². The normalized spacial score (nSPS) is 13.6. The monoisotopic (exact) mass is 642 g/mol. The zero-order chi connectivity index (χ0) is 32.3. The summed E-state index contributed by atoms with van der Waals surface area (Å²) < 4.78 is 17.6. The van der Waals surface area contributed by atoms with Gasteiger partial charge in [0.25, 0.3) is 0 Å². The first-order valence-electron chi connectivity index (χ1n) is 16.7. The highest BCUT2D eigenvalue weighted by molar-refractivity contribution is 7.86. The maximum atomic E-state index is 15.3. The molecule has 3 heterocycles. The lowest BCUT2D eigenvalue weighted by molar-refractivity contribution is 0.593. The molecule has 0 unspecified atom stereocenters. The van der Waals surface area contributed by atoms with E-state index in [0.29, 0.717) is 0 Å². The van der Waals surface area contributed by atoms with Gasteiger partial charge in [0, 0.05) is 26.7 Å². The second-order valence-electron chi connectivity index (χ2n) is 13.1. The van der Waals surface area contributed by atoms with Crippen LogP contribution in [0.5, 0.6) is 0 Å². The van der Waals surface area contributed by atoms with Gasteiger partial charge in [0.15, 0.2) is 7.14 Å². The molecular weight excluding hydrogens is 615 g/mol. The standard InChI is InChI=1S/C45H27N2OP/c48-49(43-15-7-5-12-37(43)38-13-6-8-16-44(38)49)32-21-24-41-40(27-32)46-45-39-14-4-3-11-35(39)36-23-20-30(26-42(36)47(41)45)29-19-22-34-31(25-29)18-17-28-9-1-2-10-33(28)34/h1-27H. The zero-order valence-electron chi connectivity index (χ0n) is 26.3. The average Bonchev–Trinajstić information content (AvgIpc) is 3.68. The van der Waals surface area contributed by atoms with E-state index in [1.807, 2.05) is 36.4 Å². The number of aromatic nitrogens is 2. The predicted octanol–water partition coefficient (Wildman–Crippen LogP) is 10.4. The minimum absolute atomic E-state index is 0.818. The van der Waals surface area contributed by atoms with Crippen LogP contribution in [0.1, 0.15) is 0 Å². The van der Waals surface area contributed by atoms with Crippen LogP contribution >= 0.6 is 7.14 Å². The first-order chi connectivity index (χ1) is 24.2. The third-order valence-corrected chi connectivity index (χ3v) is 13.7. The fraction of sp³-hybridized carbons (Fsp3) is 0. The summed E-state index contributed by atoms with van der Waals surface area (Å²) in [6, 6.07) is 57.6. The smallest absolute Gasteiger partial charge is 0.172 e. The van der Waals surface area contributed by atoms with Gasteiger partial charge in [-0.2, -0.15) is 0 Å². The van der Waals surface area contributed by atoms with Crippen molar-refractivity contribution in [1.29, 1.82) is 0 Å². The second kappa shape index (κ2) is 9.76. The summed E-state index contributed by atoms with van der Waals surface area (Å²) in [4.78, 5) is 5.28. The van der Waals surface area contributed by atoms with Gasteiger partial charge in [-0.05, 0) is 79.5 Å². The van der Waals surface area contributed by atoms with Crippen molar-refractivity contribution in [2.24, 2.45) is 0 Å². The van der Waals surface area contributed by atoms with Crippen LogP contribution < -0.4 is 15.9 Å². The molecule has 1 aliphatic rings. The molecule has 0 amide bonds. The van der Waals surface area contributed by atoms with E-state index >= 15 is 4.57 Å². The Labute approximate surface area is 282 Å². The molecule has 0 radical (unpaired) electrons. The number of imidazole rings is 1. The van der Waals surface area contributed by atoms with Crippen LogP contribution in [0, 0.1) is 0 Å². The summed E-state index contributed by atoms with van der Waals surface area (Å²) in [5, 5.41) is 11.1. The predicted molar refractivity (Wildman–Crippen MR) is 207 cm³/mol. The van der Waals surface area contributed by atoms with E-state index in [4.69, 9.17) is 4.98 Å². The van der Waals surface area contributed by atoms with Crippen LogP contribution in [0.25, 0.3) is 82.2 Å². The van der Waals surface area contributed by atoms with Gasteiger partial charge >= 0.3 is 0 Å². The molecule has 0 N–H and O–H groups in total. The molecule has 0 bridgehead atoms. The number of fused-ring (bicyclic) bond motifs is 14. The summed E-state index contributed by atoms with van der Waals surface area (Å²) in [5.41, 5.74) is 8.30. The molecule has 0 saturated heterocycles. The van der Waals surface area contributed by atoms with E-state index in [1.165, 1.54) is 37.9 Å². The fourth-order valence-corrected chi connectivity index (χ4v) is 11.3. The maximum Gasteiger partial charge on any atom is 0.172 e. The number of rotatable bonds is 2. The molecule has 4 heteroatoms. The van der Waals surface area contributed by atoms with Crippen molar-refractivity contribution in [2.75, 3.05) is 0 Å². The molecule has 1 aliphatic heterocycles. The van der Waals surface area contributed by atoms with E-state index < -0.39 is 7.14 Å². The Hall–Kier alpha value is -6.02. The minimum Gasteiger partial charge on any atom is -0.309 e. The Balaban J connectivity index is 1.16. The average molecular weight is 643 g/mol. The largest absolute Gasteiger partial charge is 0.309 e. The maximum absolute atomic E-state index is 15.3. The van der Waals surface area contributed by atoms with Crippen molar-refractivity contribution in [2.45, 2.75) is 0 Å². The lowest BCUT2D eigenvalue weighted by Gasteiger charge is -2.16. The first-order valence-corrected chi connectivity index (χ1v) is 18.4. The van der Waals surface area contributed by atoms with Gasteiger partial charge in [-0.3, -0.25) is 4.40 Å². The number of pyridine rings is 1. The Morgan fingerprint density at radius 1 is 0.449 bits per heavy atom. The summed E-state index contributed by atoms with van der Waals surface area (Å²) >= 11 is 0. The molecule has 2 aromatic heterocycles. The van der Waals surface area contributed by atoms with Gasteiger partial charge in [-0.15, -0.1) is 0 Å². The molecule has 0 fully saturated rings. The second-order valence-corrected chi connectivity index (χ2v) is 15.8. The van der Waals surface area contributed by atoms with Gasteiger partial charge in [0.2, 0.25) is 0 Å². The third-order valence-electron chi connectivity index (χ3n) is 10.6. The zero-order valence-corrected chi connectivity index (χ0v) is 27.2. The van der Waals surface area contributed by atoms with E-state index in [-0.39, 0.29) is 0 Å². The van der Waals surface area contributed by atoms with Crippen molar-refractivity contribution in [3.63, 3.8) is 0 Å². The van der Waals surface area contributed by atoms with Gasteiger partial charge < -0.3 is 4.57 Å². The Bertz CT molecular complexity index is 3050. The molecule has 8 aromatic carbocycles. The summed E-state index contributed by atoms with van der Waals surface area (Å²) in [6.07, 6.45) is 0. The molecule has 0 atom stereocenters. The van der Waals surface area contributed by atoms with Gasteiger partial charge in [-0.1, -0.05) is 133 Å². The third kappa shape index (κ3) is 3.63. The molecule has 228 valence electrons. The van der Waals surface area contributed by atoms with E-state index in [9.17, 15) is 0 Å². The highest BCUT2D eigenvalue weighted by Crippen LogP contribution is 2.52. The van der Waals surface area contributed by atoms with E-state index in [0.717, 1.165) is 60.2 Å². The summed E-state index contributed by atoms with van der Waals surface area (Å²) in [7, 11) is -3.08. The molecule has 0 aliphatic carbocycles. The Kier molecular flexibility index (Phi) is 5.38. The lowest BCUT2D eigenvalue weighted by atomic mass is 9.96. The topological polar surface area (TPSA) is 34.4 Å². The van der Waals surface area contributed by atoms with Crippen LogP contribution in [0.15, 0.2) is 164 Å². The highest BCUT2D eigenvalue weighted by Gasteiger charge is 2.40. The molecule has 0 saturated carbocycles. The molecule has 0 spiro atoms. The molecule has 3 nitrogen and oxygen atoms in total. The van der Waals surface area contributed by atoms with E-state index in [1.54, 1.807) is 0 Å². The quantitative estimate of drug-likeness (QED) is 0.139. The fourth-order valence-electron chi connectivity index (χ4n) is 8.28. The SMILES string of the molecule is O=P1(c2ccc3c(c2)nc2c4ccccc4c4ccc(-c5ccc6c(ccc7ccccc76)c5)cc4n32)c2ccccc2-c2ccccc21. The first kappa shape index (κ1) is 27.0. The van der Waals surface area contributed by atoms with E-state index in [2.05, 4.69) is 132 Å². The van der Waals surface area contributed by atoms with Crippen molar-refractivity contribution < 1.29 is 4.57 Å². The van der Waals surface area contributed by atoms with Crippen LogP contribution in [0.3, 0.4) is 0 Å². The number of hydrogen-bond acceptors (Lipinski definition) is 2. The van der Waals surface area contributed by atoms with Gasteiger partial charge in [-0.25, -0.2) is 4.98 Å². The van der Waals surface area contributed by atoms with Crippen LogP contribution in [0.4, 0.5) is 0 Å². The Morgan fingerprint density at radius 3 is 1.86 bits per heavy atom. The van der Waals surface area contributed by atoms with Crippen LogP contribution in [-0.2, 0) is 4.57 Å². The molecule has 11 rings (SSSR count). The van der Waals surface area contributed by atoms with Crippen molar-refractivity contribution in [3.8, 4) is 22.3 Å². The molecular formula is C45H27N2OP. The summed E-state index contributed by atoms with van der Waals surface area (Å²) in [5.74, 6) is 0. The summed E-state index contributed by atoms with van der Waals surface area (Å²) in [6.45, 7) is 0. The number of hydrogen-bond donors (Lipinski definition) is 0.